The Morgan fingerprint density at radius 3 is 2.77 bits per heavy atom. The summed E-state index contributed by atoms with van der Waals surface area (Å²) in [6, 6.07) is 6.38. The number of hydrogen-bond donors (Lipinski definition) is 1. The second kappa shape index (κ2) is 3.31. The van der Waals surface area contributed by atoms with Crippen LogP contribution in [-0.4, -0.2) is 13.2 Å². The zero-order chi connectivity index (χ0) is 9.42. The fourth-order valence-electron chi connectivity index (χ4n) is 1.57. The molecule has 13 heavy (non-hydrogen) atoms. The minimum Gasteiger partial charge on any atom is -0.496 e. The third-order valence-electron chi connectivity index (χ3n) is 2.43. The first kappa shape index (κ1) is 9.03. The van der Waals surface area contributed by atoms with E-state index in [-0.39, 0.29) is 0 Å². The fourth-order valence-corrected chi connectivity index (χ4v) is 1.95. The van der Waals surface area contributed by atoms with Crippen molar-refractivity contribution in [2.75, 3.05) is 7.11 Å². The molecule has 0 spiro atoms. The number of ether oxygens (including phenoxy) is 1. The molecule has 1 fully saturated rings. The van der Waals surface area contributed by atoms with Crippen molar-refractivity contribution in [2.24, 2.45) is 5.73 Å². The van der Waals surface area contributed by atoms with Crippen LogP contribution in [-0.2, 0) is 0 Å². The minimum absolute atomic E-state index is 0.322. The van der Waals surface area contributed by atoms with E-state index in [1.165, 1.54) is 5.56 Å². The third-order valence-corrected chi connectivity index (χ3v) is 2.92. The van der Waals surface area contributed by atoms with Gasteiger partial charge in [-0.1, -0.05) is 15.9 Å². The van der Waals surface area contributed by atoms with Gasteiger partial charge in [0.1, 0.15) is 5.75 Å². The SMILES string of the molecule is COc1ccc(Br)cc1C1CC1N. The van der Waals surface area contributed by atoms with Gasteiger partial charge in [0, 0.05) is 16.4 Å². The predicted molar refractivity (Wildman–Crippen MR) is 56.0 cm³/mol. The highest BCUT2D eigenvalue weighted by Crippen LogP contribution is 2.44. The standard InChI is InChI=1S/C10H12BrNO/c1-13-10-3-2-6(11)4-8(10)7-5-9(7)12/h2-4,7,9H,5,12H2,1H3. The Kier molecular flexibility index (Phi) is 2.30. The molecule has 1 aromatic carbocycles. The lowest BCUT2D eigenvalue weighted by molar-refractivity contribution is 0.409. The van der Waals surface area contributed by atoms with Crippen LogP contribution in [0.25, 0.3) is 0 Å². The molecular weight excluding hydrogens is 230 g/mol. The molecule has 0 amide bonds. The van der Waals surface area contributed by atoms with Crippen LogP contribution in [0.5, 0.6) is 5.75 Å². The highest BCUT2D eigenvalue weighted by atomic mass is 79.9. The summed E-state index contributed by atoms with van der Waals surface area (Å²) < 4.78 is 6.36. The molecule has 0 radical (unpaired) electrons. The first-order valence-electron chi connectivity index (χ1n) is 4.31. The van der Waals surface area contributed by atoms with E-state index in [9.17, 15) is 0 Å². The number of rotatable bonds is 2. The normalized spacial score (nSPS) is 25.8. The van der Waals surface area contributed by atoms with Crippen LogP contribution < -0.4 is 10.5 Å². The van der Waals surface area contributed by atoms with Crippen LogP contribution in [0.2, 0.25) is 0 Å². The molecule has 2 nitrogen and oxygen atoms in total. The van der Waals surface area contributed by atoms with E-state index in [2.05, 4.69) is 22.0 Å². The van der Waals surface area contributed by atoms with Gasteiger partial charge in [0.05, 0.1) is 7.11 Å². The van der Waals surface area contributed by atoms with Gasteiger partial charge in [-0.25, -0.2) is 0 Å². The lowest BCUT2D eigenvalue weighted by Gasteiger charge is -2.07. The van der Waals surface area contributed by atoms with Crippen molar-refractivity contribution in [3.8, 4) is 5.75 Å². The lowest BCUT2D eigenvalue weighted by Crippen LogP contribution is -2.02. The maximum absolute atomic E-state index is 5.80. The molecule has 1 aliphatic rings. The van der Waals surface area contributed by atoms with Crippen molar-refractivity contribution < 1.29 is 4.74 Å². The average Bonchev–Trinajstić information content (AvgIpc) is 2.82. The summed E-state index contributed by atoms with van der Waals surface area (Å²) in [5, 5.41) is 0. The molecule has 0 saturated heterocycles. The van der Waals surface area contributed by atoms with E-state index in [0.29, 0.717) is 12.0 Å². The van der Waals surface area contributed by atoms with Crippen LogP contribution in [0, 0.1) is 0 Å². The summed E-state index contributed by atoms with van der Waals surface area (Å²) in [7, 11) is 1.70. The van der Waals surface area contributed by atoms with Crippen molar-refractivity contribution >= 4 is 15.9 Å². The first-order chi connectivity index (χ1) is 6.22. The Labute approximate surface area is 86.2 Å². The van der Waals surface area contributed by atoms with Gasteiger partial charge in [-0.3, -0.25) is 0 Å². The number of methoxy groups -OCH3 is 1. The van der Waals surface area contributed by atoms with Gasteiger partial charge in [0.15, 0.2) is 0 Å². The number of hydrogen-bond acceptors (Lipinski definition) is 2. The molecule has 2 rings (SSSR count). The van der Waals surface area contributed by atoms with E-state index in [0.717, 1.165) is 16.6 Å². The fraction of sp³-hybridized carbons (Fsp3) is 0.400. The van der Waals surface area contributed by atoms with E-state index < -0.39 is 0 Å². The zero-order valence-electron chi connectivity index (χ0n) is 7.46. The highest BCUT2D eigenvalue weighted by Gasteiger charge is 2.36. The molecular formula is C10H12BrNO. The van der Waals surface area contributed by atoms with Crippen LogP contribution in [0.1, 0.15) is 17.9 Å². The van der Waals surface area contributed by atoms with Crippen LogP contribution in [0.4, 0.5) is 0 Å². The van der Waals surface area contributed by atoms with E-state index in [1.54, 1.807) is 7.11 Å². The second-order valence-corrected chi connectivity index (χ2v) is 4.31. The van der Waals surface area contributed by atoms with Crippen LogP contribution in [0.3, 0.4) is 0 Å². The summed E-state index contributed by atoms with van der Waals surface area (Å²) >= 11 is 3.45. The van der Waals surface area contributed by atoms with Crippen molar-refractivity contribution in [2.45, 2.75) is 18.4 Å². The summed E-state index contributed by atoms with van der Waals surface area (Å²) in [4.78, 5) is 0. The minimum atomic E-state index is 0.322. The quantitative estimate of drug-likeness (QED) is 0.863. The van der Waals surface area contributed by atoms with E-state index in [1.807, 2.05) is 12.1 Å². The van der Waals surface area contributed by atoms with Crippen LogP contribution in [0.15, 0.2) is 22.7 Å². The Morgan fingerprint density at radius 2 is 2.23 bits per heavy atom. The van der Waals surface area contributed by atoms with Crippen molar-refractivity contribution in [3.63, 3.8) is 0 Å². The summed E-state index contributed by atoms with van der Waals surface area (Å²) in [6.45, 7) is 0. The number of benzene rings is 1. The Balaban J connectivity index is 2.35. The summed E-state index contributed by atoms with van der Waals surface area (Å²) in [6.07, 6.45) is 1.08. The second-order valence-electron chi connectivity index (χ2n) is 3.39. The van der Waals surface area contributed by atoms with Gasteiger partial charge >= 0.3 is 0 Å². The van der Waals surface area contributed by atoms with E-state index >= 15 is 0 Å². The molecule has 0 heterocycles. The largest absolute Gasteiger partial charge is 0.496 e. The van der Waals surface area contributed by atoms with Gasteiger partial charge in [-0.2, -0.15) is 0 Å². The molecule has 2 N–H and O–H groups in total. The smallest absolute Gasteiger partial charge is 0.122 e. The lowest BCUT2D eigenvalue weighted by atomic mass is 10.1. The summed E-state index contributed by atoms with van der Waals surface area (Å²) in [5.74, 6) is 1.44. The average molecular weight is 242 g/mol. The van der Waals surface area contributed by atoms with Gasteiger partial charge in [-0.15, -0.1) is 0 Å². The Bertz CT molecular complexity index is 327. The molecule has 0 aromatic heterocycles. The molecule has 1 aliphatic carbocycles. The predicted octanol–water partition coefficient (Wildman–Crippen LogP) is 2.27. The van der Waals surface area contributed by atoms with Crippen molar-refractivity contribution in [1.82, 2.24) is 0 Å². The van der Waals surface area contributed by atoms with Gasteiger partial charge in [-0.05, 0) is 30.2 Å². The van der Waals surface area contributed by atoms with Gasteiger partial charge in [0.25, 0.3) is 0 Å². The van der Waals surface area contributed by atoms with Crippen LogP contribution >= 0.6 is 15.9 Å². The molecule has 1 aromatic rings. The molecule has 2 unspecified atom stereocenters. The number of halogens is 1. The third kappa shape index (κ3) is 1.71. The molecule has 3 heteroatoms. The van der Waals surface area contributed by atoms with E-state index in [4.69, 9.17) is 10.5 Å². The summed E-state index contributed by atoms with van der Waals surface area (Å²) in [5.41, 5.74) is 7.03. The monoisotopic (exact) mass is 241 g/mol. The molecule has 1 saturated carbocycles. The molecule has 0 aliphatic heterocycles. The molecule has 70 valence electrons. The Morgan fingerprint density at radius 1 is 1.54 bits per heavy atom. The maximum atomic E-state index is 5.80. The Hall–Kier alpha value is -0.540. The number of nitrogens with two attached hydrogens (primary N) is 1. The maximum Gasteiger partial charge on any atom is 0.122 e. The van der Waals surface area contributed by atoms with Gasteiger partial charge in [0.2, 0.25) is 0 Å². The topological polar surface area (TPSA) is 35.2 Å². The van der Waals surface area contributed by atoms with Gasteiger partial charge < -0.3 is 10.5 Å². The first-order valence-corrected chi connectivity index (χ1v) is 5.10. The zero-order valence-corrected chi connectivity index (χ0v) is 9.04. The molecule has 2 atom stereocenters. The highest BCUT2D eigenvalue weighted by molar-refractivity contribution is 9.10. The van der Waals surface area contributed by atoms with Crippen molar-refractivity contribution in [3.05, 3.63) is 28.2 Å². The molecule has 0 bridgehead atoms. The van der Waals surface area contributed by atoms with Crippen molar-refractivity contribution in [1.29, 1.82) is 0 Å².